The summed E-state index contributed by atoms with van der Waals surface area (Å²) in [7, 11) is 0. The molecule has 152 valence electrons. The number of carbonyl (C=O) groups excluding carboxylic acids is 1. The van der Waals surface area contributed by atoms with Gasteiger partial charge in [0.25, 0.3) is 5.56 Å². The van der Waals surface area contributed by atoms with E-state index in [2.05, 4.69) is 34.2 Å². The zero-order valence-electron chi connectivity index (χ0n) is 16.1. The quantitative estimate of drug-likeness (QED) is 0.568. The van der Waals surface area contributed by atoms with E-state index in [4.69, 9.17) is 9.47 Å². The summed E-state index contributed by atoms with van der Waals surface area (Å²) in [6.45, 7) is 5.04. The van der Waals surface area contributed by atoms with Crippen molar-refractivity contribution < 1.29 is 14.3 Å². The molecule has 1 aliphatic rings. The lowest BCUT2D eigenvalue weighted by molar-refractivity contribution is -0.118. The van der Waals surface area contributed by atoms with Crippen LogP contribution in [-0.2, 0) is 4.79 Å². The van der Waals surface area contributed by atoms with E-state index in [1.807, 2.05) is 6.07 Å². The van der Waals surface area contributed by atoms with Crippen LogP contribution in [0.2, 0.25) is 0 Å². The van der Waals surface area contributed by atoms with Gasteiger partial charge in [-0.2, -0.15) is 0 Å². The number of aromatic nitrogens is 4. The summed E-state index contributed by atoms with van der Waals surface area (Å²) in [5, 5.41) is 6.04. The Morgan fingerprint density at radius 1 is 1.28 bits per heavy atom. The molecule has 0 bridgehead atoms. The van der Waals surface area contributed by atoms with E-state index in [9.17, 15) is 9.59 Å². The number of aromatic amines is 1. The highest BCUT2D eigenvalue weighted by molar-refractivity contribution is 7.99. The number of hydrogen-bond donors (Lipinski definition) is 2. The molecule has 0 radical (unpaired) electrons. The van der Waals surface area contributed by atoms with Gasteiger partial charge >= 0.3 is 0 Å². The lowest BCUT2D eigenvalue weighted by Crippen LogP contribution is -2.27. The first kappa shape index (κ1) is 19.3. The van der Waals surface area contributed by atoms with E-state index in [-0.39, 0.29) is 24.0 Å². The third kappa shape index (κ3) is 4.37. The molecule has 1 aromatic carbocycles. The van der Waals surface area contributed by atoms with Crippen LogP contribution in [0.15, 0.2) is 34.2 Å². The SMILES string of the molecule is CC(C)CCNC(=O)CSc1nc(-c2ccc3c(c2)OCO3)nc2cc(=O)[nH]n12. The number of nitrogens with one attached hydrogen (secondary N) is 2. The summed E-state index contributed by atoms with van der Waals surface area (Å²) in [4.78, 5) is 33.0. The molecule has 0 atom stereocenters. The number of rotatable bonds is 7. The van der Waals surface area contributed by atoms with E-state index >= 15 is 0 Å². The van der Waals surface area contributed by atoms with E-state index in [1.54, 1.807) is 12.1 Å². The van der Waals surface area contributed by atoms with Crippen molar-refractivity contribution in [2.45, 2.75) is 25.4 Å². The topological polar surface area (TPSA) is 111 Å². The second kappa shape index (κ2) is 8.16. The number of fused-ring (bicyclic) bond motifs is 2. The Bertz CT molecular complexity index is 1110. The van der Waals surface area contributed by atoms with Crippen LogP contribution in [0.3, 0.4) is 0 Å². The van der Waals surface area contributed by atoms with Gasteiger partial charge in [0.2, 0.25) is 12.7 Å². The van der Waals surface area contributed by atoms with Gasteiger partial charge in [0, 0.05) is 18.2 Å². The Kier molecular flexibility index (Phi) is 5.43. The van der Waals surface area contributed by atoms with Crippen molar-refractivity contribution in [1.82, 2.24) is 24.9 Å². The number of ether oxygens (including phenoxy) is 2. The first-order valence-electron chi connectivity index (χ1n) is 9.29. The van der Waals surface area contributed by atoms with Crippen molar-refractivity contribution >= 4 is 23.3 Å². The number of H-pyrrole nitrogens is 1. The zero-order chi connectivity index (χ0) is 20.4. The molecule has 9 nitrogen and oxygen atoms in total. The van der Waals surface area contributed by atoms with Crippen molar-refractivity contribution in [3.05, 3.63) is 34.6 Å². The third-order valence-corrected chi connectivity index (χ3v) is 5.27. The van der Waals surface area contributed by atoms with Gasteiger partial charge in [0.15, 0.2) is 28.1 Å². The Labute approximate surface area is 170 Å². The summed E-state index contributed by atoms with van der Waals surface area (Å²) in [6.07, 6.45) is 0.924. The summed E-state index contributed by atoms with van der Waals surface area (Å²) in [5.74, 6) is 2.35. The Morgan fingerprint density at radius 2 is 2.10 bits per heavy atom. The fraction of sp³-hybridized carbons (Fsp3) is 0.368. The standard InChI is InChI=1S/C19H21N5O4S/c1-11(2)5-6-20-17(26)9-29-19-22-18(21-15-8-16(25)23-24(15)19)12-3-4-13-14(7-12)28-10-27-13/h3-4,7-8,11H,5-6,9-10H2,1-2H3,(H,20,26)(H,23,25). The maximum atomic E-state index is 12.1. The minimum absolute atomic E-state index is 0.0819. The average Bonchev–Trinajstić information content (AvgIpc) is 3.30. The van der Waals surface area contributed by atoms with Crippen molar-refractivity contribution in [1.29, 1.82) is 0 Å². The minimum atomic E-state index is -0.287. The van der Waals surface area contributed by atoms with Gasteiger partial charge in [-0.3, -0.25) is 14.7 Å². The minimum Gasteiger partial charge on any atom is -0.454 e. The molecular formula is C19H21N5O4S. The van der Waals surface area contributed by atoms with Gasteiger partial charge in [-0.15, -0.1) is 0 Å². The molecule has 3 aromatic rings. The van der Waals surface area contributed by atoms with E-state index in [0.717, 1.165) is 12.0 Å². The highest BCUT2D eigenvalue weighted by Gasteiger charge is 2.17. The average molecular weight is 415 g/mol. The first-order chi connectivity index (χ1) is 14.0. The number of hydrogen-bond acceptors (Lipinski definition) is 7. The van der Waals surface area contributed by atoms with Crippen molar-refractivity contribution in [2.24, 2.45) is 5.92 Å². The van der Waals surface area contributed by atoms with E-state index in [1.165, 1.54) is 22.3 Å². The van der Waals surface area contributed by atoms with Gasteiger partial charge in [-0.05, 0) is 30.5 Å². The molecule has 0 spiro atoms. The molecule has 0 fully saturated rings. The lowest BCUT2D eigenvalue weighted by Gasteiger charge is -2.09. The molecule has 0 saturated carbocycles. The molecule has 0 saturated heterocycles. The van der Waals surface area contributed by atoms with E-state index in [0.29, 0.717) is 40.6 Å². The molecular weight excluding hydrogens is 394 g/mol. The number of carbonyl (C=O) groups is 1. The van der Waals surface area contributed by atoms with Crippen LogP contribution in [-0.4, -0.2) is 44.6 Å². The summed E-state index contributed by atoms with van der Waals surface area (Å²) in [5.41, 5.74) is 0.874. The highest BCUT2D eigenvalue weighted by atomic mass is 32.2. The summed E-state index contributed by atoms with van der Waals surface area (Å²) >= 11 is 1.24. The van der Waals surface area contributed by atoms with Crippen LogP contribution in [0.4, 0.5) is 0 Å². The molecule has 1 amide bonds. The van der Waals surface area contributed by atoms with Crippen molar-refractivity contribution in [3.8, 4) is 22.9 Å². The van der Waals surface area contributed by atoms with Crippen LogP contribution in [0.1, 0.15) is 20.3 Å². The monoisotopic (exact) mass is 415 g/mol. The van der Waals surface area contributed by atoms with Crippen LogP contribution in [0.5, 0.6) is 11.5 Å². The second-order valence-electron chi connectivity index (χ2n) is 7.03. The normalized spacial score (nSPS) is 12.7. The van der Waals surface area contributed by atoms with Crippen LogP contribution >= 0.6 is 11.8 Å². The Hall–Kier alpha value is -3.01. The largest absolute Gasteiger partial charge is 0.454 e. The molecule has 2 N–H and O–H groups in total. The predicted molar refractivity (Wildman–Crippen MR) is 108 cm³/mol. The zero-order valence-corrected chi connectivity index (χ0v) is 16.9. The van der Waals surface area contributed by atoms with Gasteiger partial charge in [-0.25, -0.2) is 14.5 Å². The van der Waals surface area contributed by atoms with Crippen LogP contribution in [0, 0.1) is 5.92 Å². The molecule has 10 heteroatoms. The third-order valence-electron chi connectivity index (χ3n) is 4.33. The maximum absolute atomic E-state index is 12.1. The molecule has 3 heterocycles. The fourth-order valence-corrected chi connectivity index (χ4v) is 3.61. The van der Waals surface area contributed by atoms with E-state index < -0.39 is 0 Å². The van der Waals surface area contributed by atoms with Crippen LogP contribution in [0.25, 0.3) is 17.0 Å². The van der Waals surface area contributed by atoms with Crippen molar-refractivity contribution in [3.63, 3.8) is 0 Å². The lowest BCUT2D eigenvalue weighted by atomic mass is 10.1. The number of benzene rings is 1. The predicted octanol–water partition coefficient (Wildman–Crippen LogP) is 2.07. The maximum Gasteiger partial charge on any atom is 0.266 e. The molecule has 0 aliphatic carbocycles. The molecule has 1 aliphatic heterocycles. The van der Waals surface area contributed by atoms with Gasteiger partial charge in [0.05, 0.1) is 5.75 Å². The molecule has 2 aromatic heterocycles. The Morgan fingerprint density at radius 3 is 2.93 bits per heavy atom. The first-order valence-corrected chi connectivity index (χ1v) is 10.3. The summed E-state index contributed by atoms with van der Waals surface area (Å²) < 4.78 is 12.2. The van der Waals surface area contributed by atoms with Crippen LogP contribution < -0.4 is 20.3 Å². The highest BCUT2D eigenvalue weighted by Crippen LogP contribution is 2.35. The van der Waals surface area contributed by atoms with Gasteiger partial charge < -0.3 is 14.8 Å². The number of nitrogens with zero attached hydrogens (tertiary/aromatic N) is 3. The Balaban J connectivity index is 1.58. The summed E-state index contributed by atoms with van der Waals surface area (Å²) in [6, 6.07) is 6.82. The smallest absolute Gasteiger partial charge is 0.266 e. The van der Waals surface area contributed by atoms with Gasteiger partial charge in [0.1, 0.15) is 0 Å². The number of amides is 1. The van der Waals surface area contributed by atoms with Crippen molar-refractivity contribution in [2.75, 3.05) is 19.1 Å². The molecule has 0 unspecified atom stereocenters. The molecule has 29 heavy (non-hydrogen) atoms. The van der Waals surface area contributed by atoms with Gasteiger partial charge in [-0.1, -0.05) is 25.6 Å². The number of thioether (sulfide) groups is 1. The fourth-order valence-electron chi connectivity index (χ4n) is 2.83. The second-order valence-corrected chi connectivity index (χ2v) is 7.98. The molecule has 4 rings (SSSR count).